The van der Waals surface area contributed by atoms with Crippen molar-refractivity contribution >= 4 is 22.0 Å². The predicted octanol–water partition coefficient (Wildman–Crippen LogP) is 2.36. The van der Waals surface area contributed by atoms with E-state index in [9.17, 15) is 18.3 Å². The van der Waals surface area contributed by atoms with Crippen molar-refractivity contribution in [3.05, 3.63) is 29.8 Å². The standard InChI is InChI=1S/C21H32N2O5S/c1-6-8-17-9-10-20-18(11-17)28-19(13-22(5)21(25)7-2)15(3)12-23(16(4)14-24)29(20,26)27/h6,8-11,15-16,19,24H,7,12-14H2,1-5H3/b8-6+/t15-,16-,19+/m1/s1. The lowest BCUT2D eigenvalue weighted by atomic mass is 10.0. The van der Waals surface area contributed by atoms with E-state index in [0.717, 1.165) is 5.56 Å². The number of nitrogens with zero attached hydrogens (tertiary/aromatic N) is 2. The molecule has 162 valence electrons. The lowest BCUT2D eigenvalue weighted by molar-refractivity contribution is -0.131. The van der Waals surface area contributed by atoms with E-state index in [1.54, 1.807) is 44.0 Å². The molecule has 0 saturated carbocycles. The average molecular weight is 425 g/mol. The van der Waals surface area contributed by atoms with E-state index in [-0.39, 0.29) is 41.7 Å². The van der Waals surface area contributed by atoms with Crippen LogP contribution in [-0.4, -0.2) is 67.5 Å². The zero-order valence-electron chi connectivity index (χ0n) is 17.8. The summed E-state index contributed by atoms with van der Waals surface area (Å²) in [4.78, 5) is 13.8. The van der Waals surface area contributed by atoms with Gasteiger partial charge in [0.05, 0.1) is 13.2 Å². The van der Waals surface area contributed by atoms with Crippen LogP contribution in [0.15, 0.2) is 29.2 Å². The Labute approximate surface area is 174 Å². The minimum atomic E-state index is -3.85. The number of hydrogen-bond donors (Lipinski definition) is 1. The quantitative estimate of drug-likeness (QED) is 0.758. The van der Waals surface area contributed by atoms with Crippen LogP contribution in [-0.2, 0) is 14.8 Å². The molecule has 0 fully saturated rings. The molecule has 1 heterocycles. The normalized spacial score (nSPS) is 23.0. The average Bonchev–Trinajstić information content (AvgIpc) is 2.69. The Bertz CT molecular complexity index is 853. The van der Waals surface area contributed by atoms with Gasteiger partial charge in [-0.1, -0.05) is 32.1 Å². The lowest BCUT2D eigenvalue weighted by Gasteiger charge is -2.37. The van der Waals surface area contributed by atoms with Gasteiger partial charge in [0.25, 0.3) is 0 Å². The third-order valence-electron chi connectivity index (χ3n) is 5.23. The number of benzene rings is 1. The maximum absolute atomic E-state index is 13.3. The Kier molecular flexibility index (Phi) is 7.85. The molecular formula is C21H32N2O5S. The second kappa shape index (κ2) is 9.73. The van der Waals surface area contributed by atoms with E-state index < -0.39 is 16.1 Å². The second-order valence-corrected chi connectivity index (χ2v) is 9.43. The maximum atomic E-state index is 13.3. The number of rotatable bonds is 6. The van der Waals surface area contributed by atoms with Crippen molar-refractivity contribution in [2.45, 2.75) is 51.2 Å². The first kappa shape index (κ1) is 23.4. The van der Waals surface area contributed by atoms with Crippen LogP contribution in [0.4, 0.5) is 0 Å². The van der Waals surface area contributed by atoms with Crippen LogP contribution in [0.25, 0.3) is 6.08 Å². The summed E-state index contributed by atoms with van der Waals surface area (Å²) in [5.74, 6) is 0.0768. The highest BCUT2D eigenvalue weighted by Gasteiger charge is 2.38. The van der Waals surface area contributed by atoms with Crippen LogP contribution < -0.4 is 4.74 Å². The van der Waals surface area contributed by atoms with Crippen molar-refractivity contribution in [3.63, 3.8) is 0 Å². The number of aliphatic hydroxyl groups is 1. The van der Waals surface area contributed by atoms with Gasteiger partial charge in [0.2, 0.25) is 15.9 Å². The van der Waals surface area contributed by atoms with Gasteiger partial charge < -0.3 is 14.7 Å². The largest absolute Gasteiger partial charge is 0.487 e. The number of amides is 1. The van der Waals surface area contributed by atoms with E-state index in [2.05, 4.69) is 0 Å². The topological polar surface area (TPSA) is 87.2 Å². The van der Waals surface area contributed by atoms with Crippen molar-refractivity contribution in [1.82, 2.24) is 9.21 Å². The Morgan fingerprint density at radius 2 is 2.14 bits per heavy atom. The Morgan fingerprint density at radius 1 is 1.45 bits per heavy atom. The fourth-order valence-electron chi connectivity index (χ4n) is 3.40. The Balaban J connectivity index is 2.56. The molecule has 0 unspecified atom stereocenters. The fourth-order valence-corrected chi connectivity index (χ4v) is 5.22. The number of ether oxygens (including phenoxy) is 1. The Morgan fingerprint density at radius 3 is 2.72 bits per heavy atom. The molecule has 7 nitrogen and oxygen atoms in total. The number of carbonyl (C=O) groups is 1. The highest BCUT2D eigenvalue weighted by molar-refractivity contribution is 7.89. The maximum Gasteiger partial charge on any atom is 0.247 e. The number of aliphatic hydroxyl groups excluding tert-OH is 1. The molecule has 1 aliphatic rings. The van der Waals surface area contributed by atoms with Gasteiger partial charge in [-0.25, -0.2) is 8.42 Å². The molecule has 1 N–H and O–H groups in total. The van der Waals surface area contributed by atoms with Crippen LogP contribution in [0.2, 0.25) is 0 Å². The van der Waals surface area contributed by atoms with Gasteiger partial charge in [-0.2, -0.15) is 4.31 Å². The first-order valence-corrected chi connectivity index (χ1v) is 11.4. The van der Waals surface area contributed by atoms with Crippen molar-refractivity contribution in [2.75, 3.05) is 26.7 Å². The van der Waals surface area contributed by atoms with Crippen molar-refractivity contribution < 1.29 is 23.1 Å². The number of hydrogen-bond acceptors (Lipinski definition) is 5. The molecule has 0 aliphatic carbocycles. The smallest absolute Gasteiger partial charge is 0.247 e. The monoisotopic (exact) mass is 424 g/mol. The molecule has 3 atom stereocenters. The lowest BCUT2D eigenvalue weighted by Crippen LogP contribution is -2.50. The SMILES string of the molecule is C/C=C/c1ccc2c(c1)O[C@@H](CN(C)C(=O)CC)[C@H](C)CN([C@H](C)CO)S2(=O)=O. The van der Waals surface area contributed by atoms with Gasteiger partial charge in [-0.3, -0.25) is 4.79 Å². The van der Waals surface area contributed by atoms with Crippen LogP contribution in [0, 0.1) is 5.92 Å². The van der Waals surface area contributed by atoms with Crippen LogP contribution in [0.5, 0.6) is 5.75 Å². The molecular weight excluding hydrogens is 392 g/mol. The number of allylic oxidation sites excluding steroid dienone is 1. The van der Waals surface area contributed by atoms with Crippen LogP contribution >= 0.6 is 0 Å². The highest BCUT2D eigenvalue weighted by atomic mass is 32.2. The number of likely N-dealkylation sites (N-methyl/N-ethyl adjacent to an activating group) is 1. The molecule has 1 aliphatic heterocycles. The van der Waals surface area contributed by atoms with Gasteiger partial charge >= 0.3 is 0 Å². The third kappa shape index (κ3) is 5.18. The first-order chi connectivity index (χ1) is 13.6. The summed E-state index contributed by atoms with van der Waals surface area (Å²) in [6.45, 7) is 7.54. The summed E-state index contributed by atoms with van der Waals surface area (Å²) >= 11 is 0. The van der Waals surface area contributed by atoms with Crippen LogP contribution in [0.1, 0.15) is 39.7 Å². The molecule has 0 spiro atoms. The molecule has 8 heteroatoms. The minimum absolute atomic E-state index is 0.000969. The zero-order chi connectivity index (χ0) is 21.8. The summed E-state index contributed by atoms with van der Waals surface area (Å²) < 4.78 is 34.2. The van der Waals surface area contributed by atoms with Crippen molar-refractivity contribution in [3.8, 4) is 5.75 Å². The van der Waals surface area contributed by atoms with Gasteiger partial charge in [0.1, 0.15) is 16.7 Å². The summed E-state index contributed by atoms with van der Waals surface area (Å²) in [5, 5.41) is 9.65. The summed E-state index contributed by atoms with van der Waals surface area (Å²) in [6.07, 6.45) is 3.74. The van der Waals surface area contributed by atoms with E-state index in [0.29, 0.717) is 13.0 Å². The second-order valence-electron chi connectivity index (χ2n) is 7.57. The van der Waals surface area contributed by atoms with E-state index in [1.807, 2.05) is 26.0 Å². The van der Waals surface area contributed by atoms with Gasteiger partial charge in [0.15, 0.2) is 0 Å². The number of sulfonamides is 1. The molecule has 1 amide bonds. The van der Waals surface area contributed by atoms with Crippen LogP contribution in [0.3, 0.4) is 0 Å². The van der Waals surface area contributed by atoms with Crippen molar-refractivity contribution in [2.24, 2.45) is 5.92 Å². The first-order valence-electron chi connectivity index (χ1n) is 9.95. The molecule has 29 heavy (non-hydrogen) atoms. The Hall–Kier alpha value is -1.90. The van der Waals surface area contributed by atoms with E-state index >= 15 is 0 Å². The number of fused-ring (bicyclic) bond motifs is 1. The molecule has 0 saturated heterocycles. The summed E-state index contributed by atoms with van der Waals surface area (Å²) in [5.41, 5.74) is 0.827. The summed E-state index contributed by atoms with van der Waals surface area (Å²) in [7, 11) is -2.12. The molecule has 2 rings (SSSR count). The molecule has 0 radical (unpaired) electrons. The minimum Gasteiger partial charge on any atom is -0.487 e. The number of carbonyl (C=O) groups excluding carboxylic acids is 1. The summed E-state index contributed by atoms with van der Waals surface area (Å²) in [6, 6.07) is 4.42. The fraction of sp³-hybridized carbons (Fsp3) is 0.571. The van der Waals surface area contributed by atoms with Gasteiger partial charge in [-0.15, -0.1) is 0 Å². The zero-order valence-corrected chi connectivity index (χ0v) is 18.6. The third-order valence-corrected chi connectivity index (χ3v) is 7.25. The molecule has 1 aromatic rings. The highest BCUT2D eigenvalue weighted by Crippen LogP contribution is 2.34. The van der Waals surface area contributed by atoms with E-state index in [4.69, 9.17) is 4.74 Å². The molecule has 0 aromatic heterocycles. The van der Waals surface area contributed by atoms with E-state index in [1.165, 1.54) is 4.31 Å². The van der Waals surface area contributed by atoms with Crippen molar-refractivity contribution in [1.29, 1.82) is 0 Å². The predicted molar refractivity (Wildman–Crippen MR) is 113 cm³/mol. The molecule has 0 bridgehead atoms. The van der Waals surface area contributed by atoms with Gasteiger partial charge in [-0.05, 0) is 31.5 Å². The molecule has 1 aromatic carbocycles. The van der Waals surface area contributed by atoms with Gasteiger partial charge in [0, 0.05) is 32.0 Å².